The van der Waals surface area contributed by atoms with Gasteiger partial charge in [0.1, 0.15) is 11.8 Å². The maximum absolute atomic E-state index is 13.5. The molecule has 2 N–H and O–H groups in total. The van der Waals surface area contributed by atoms with E-state index in [9.17, 15) is 29.1 Å². The van der Waals surface area contributed by atoms with Gasteiger partial charge in [0.15, 0.2) is 0 Å². The number of benzene rings is 4. The minimum Gasteiger partial charge on any atom is -0.508 e. The molecule has 4 aromatic rings. The van der Waals surface area contributed by atoms with Crippen LogP contribution < -0.4 is 10.2 Å². The van der Waals surface area contributed by atoms with E-state index in [1.807, 2.05) is 12.1 Å². The number of anilines is 1. The maximum atomic E-state index is 13.5. The zero-order valence-electron chi connectivity index (χ0n) is 31.8. The summed E-state index contributed by atoms with van der Waals surface area (Å²) in [5, 5.41) is 12.4. The highest BCUT2D eigenvalue weighted by Gasteiger charge is 2.47. The van der Waals surface area contributed by atoms with Crippen LogP contribution in [0.1, 0.15) is 98.0 Å². The number of hydrogen-bond acceptors (Lipinski definition) is 8. The van der Waals surface area contributed by atoms with Crippen molar-refractivity contribution >= 4 is 35.2 Å². The fourth-order valence-electron chi connectivity index (χ4n) is 10.5. The smallest absolute Gasteiger partial charge is 0.262 e. The molecule has 10 rings (SSSR count). The van der Waals surface area contributed by atoms with Crippen LogP contribution in [0, 0.1) is 5.41 Å². The minimum atomic E-state index is -1.00. The first kappa shape index (κ1) is 35.6. The van der Waals surface area contributed by atoms with Crippen molar-refractivity contribution < 1.29 is 29.1 Å². The minimum absolute atomic E-state index is 0.0346. The van der Waals surface area contributed by atoms with Crippen LogP contribution in [0.15, 0.2) is 84.9 Å². The predicted molar refractivity (Wildman–Crippen MR) is 212 cm³/mol. The van der Waals surface area contributed by atoms with Crippen LogP contribution in [-0.4, -0.2) is 88.1 Å². The van der Waals surface area contributed by atoms with Gasteiger partial charge in [0.2, 0.25) is 17.7 Å². The second-order valence-corrected chi connectivity index (χ2v) is 17.0. The SMILES string of the molecule is O=C1CC[C@@H](N2C(=O)c3cc4c(cc3C2=O)CN(C(=O)CN2CCC3(CC2)CN(c2ccc([C@@H]5c6ccc(O)cc6CC[C@@H]5c5ccccc5)cc2)C3)C4)C(=O)N1. The van der Waals surface area contributed by atoms with Gasteiger partial charge in [-0.3, -0.25) is 39.1 Å². The number of carbonyl (C=O) groups is 5. The van der Waals surface area contributed by atoms with Gasteiger partial charge in [0.05, 0.1) is 17.7 Å². The Balaban J connectivity index is 0.738. The molecule has 5 amide bonds. The Bertz CT molecular complexity index is 2280. The molecule has 11 heteroatoms. The third kappa shape index (κ3) is 6.19. The van der Waals surface area contributed by atoms with Crippen molar-refractivity contribution in [2.45, 2.75) is 69.5 Å². The van der Waals surface area contributed by atoms with E-state index < -0.39 is 29.7 Å². The van der Waals surface area contributed by atoms with Gasteiger partial charge in [-0.2, -0.15) is 0 Å². The summed E-state index contributed by atoms with van der Waals surface area (Å²) in [4.78, 5) is 71.8. The van der Waals surface area contributed by atoms with E-state index >= 15 is 0 Å². The normalized spacial score (nSPS) is 23.9. The third-order valence-corrected chi connectivity index (χ3v) is 13.6. The molecule has 0 radical (unpaired) electrons. The average Bonchev–Trinajstić information content (AvgIpc) is 3.74. The number of aryl methyl sites for hydroxylation is 1. The number of nitrogens with zero attached hydrogens (tertiary/aromatic N) is 4. The number of hydrogen-bond donors (Lipinski definition) is 2. The monoisotopic (exact) mass is 763 g/mol. The molecule has 3 saturated heterocycles. The van der Waals surface area contributed by atoms with E-state index in [1.165, 1.54) is 27.9 Å². The summed E-state index contributed by atoms with van der Waals surface area (Å²) in [6.07, 6.45) is 4.26. The number of rotatable bonds is 6. The zero-order valence-corrected chi connectivity index (χ0v) is 31.8. The van der Waals surface area contributed by atoms with Crippen LogP contribution in [0.3, 0.4) is 0 Å². The molecular formula is C46H45N5O6. The van der Waals surface area contributed by atoms with Crippen molar-refractivity contribution in [2.75, 3.05) is 37.6 Å². The highest BCUT2D eigenvalue weighted by atomic mass is 16.3. The quantitative estimate of drug-likeness (QED) is 0.260. The van der Waals surface area contributed by atoms with Crippen LogP contribution >= 0.6 is 0 Å². The van der Waals surface area contributed by atoms with Crippen molar-refractivity contribution in [3.63, 3.8) is 0 Å². The van der Waals surface area contributed by atoms with Gasteiger partial charge in [-0.1, -0.05) is 48.5 Å². The van der Waals surface area contributed by atoms with Crippen molar-refractivity contribution in [2.24, 2.45) is 5.41 Å². The summed E-state index contributed by atoms with van der Waals surface area (Å²) in [5.41, 5.74) is 8.87. The fourth-order valence-corrected chi connectivity index (χ4v) is 10.5. The number of aromatic hydroxyl groups is 1. The Hall–Kier alpha value is -5.81. The molecule has 0 aromatic heterocycles. The topological polar surface area (TPSA) is 131 Å². The van der Waals surface area contributed by atoms with E-state index in [0.29, 0.717) is 31.3 Å². The number of imide groups is 2. The van der Waals surface area contributed by atoms with E-state index in [0.717, 1.165) is 67.9 Å². The Morgan fingerprint density at radius 1 is 0.754 bits per heavy atom. The number of likely N-dealkylation sites (tertiary alicyclic amines) is 1. The van der Waals surface area contributed by atoms with Crippen LogP contribution in [0.5, 0.6) is 5.75 Å². The Morgan fingerprint density at radius 3 is 2.11 bits per heavy atom. The number of amides is 5. The molecule has 1 spiro atoms. The maximum Gasteiger partial charge on any atom is 0.262 e. The lowest BCUT2D eigenvalue weighted by molar-refractivity contribution is -0.136. The van der Waals surface area contributed by atoms with Gasteiger partial charge >= 0.3 is 0 Å². The third-order valence-electron chi connectivity index (χ3n) is 13.6. The van der Waals surface area contributed by atoms with Crippen LogP contribution in [0.2, 0.25) is 0 Å². The lowest BCUT2D eigenvalue weighted by Crippen LogP contribution is -2.61. The molecule has 5 aliphatic heterocycles. The predicted octanol–water partition coefficient (Wildman–Crippen LogP) is 5.10. The zero-order chi connectivity index (χ0) is 39.0. The molecule has 3 atom stereocenters. The van der Waals surface area contributed by atoms with Gasteiger partial charge in [-0.25, -0.2) is 0 Å². The van der Waals surface area contributed by atoms with Crippen molar-refractivity contribution in [3.8, 4) is 5.75 Å². The number of fused-ring (bicyclic) bond motifs is 3. The standard InChI is InChI=1S/C46H45N5O6/c52-34-11-13-36-30(20-34)8-12-35(28-4-2-1-3-5-28)42(36)29-6-9-33(10-7-29)50-26-46(27-50)16-18-48(19-17-46)25-41(54)49-23-31-21-37-38(22-32(31)24-49)45(57)51(44(37)56)39-14-15-40(53)47-43(39)55/h1-7,9-11,13,20-22,35,39,42,52H,8,12,14-19,23-27H2,(H,47,53,55)/t35-,39-,42+/m1/s1. The van der Waals surface area contributed by atoms with Gasteiger partial charge in [-0.05, 0) is 121 Å². The first-order chi connectivity index (χ1) is 27.6. The van der Waals surface area contributed by atoms with Crippen LogP contribution in [-0.2, 0) is 33.9 Å². The second kappa shape index (κ2) is 13.7. The van der Waals surface area contributed by atoms with E-state index in [4.69, 9.17) is 0 Å². The summed E-state index contributed by atoms with van der Waals surface area (Å²) in [6.45, 7) is 4.83. The average molecular weight is 764 g/mol. The van der Waals surface area contributed by atoms with E-state index in [1.54, 1.807) is 17.0 Å². The van der Waals surface area contributed by atoms with Gasteiger partial charge < -0.3 is 14.9 Å². The van der Waals surface area contributed by atoms with E-state index in [2.05, 4.69) is 75.8 Å². The summed E-state index contributed by atoms with van der Waals surface area (Å²) >= 11 is 0. The summed E-state index contributed by atoms with van der Waals surface area (Å²) < 4.78 is 0. The molecule has 0 saturated carbocycles. The Labute approximate surface area is 331 Å². The molecular weight excluding hydrogens is 719 g/mol. The molecule has 6 aliphatic rings. The molecule has 0 unspecified atom stereocenters. The van der Waals surface area contributed by atoms with Crippen molar-refractivity contribution in [1.82, 2.24) is 20.0 Å². The molecule has 3 fully saturated rings. The first-order valence-corrected chi connectivity index (χ1v) is 20.2. The molecule has 290 valence electrons. The lowest BCUT2D eigenvalue weighted by Gasteiger charge is -2.55. The molecule has 11 nitrogen and oxygen atoms in total. The number of carbonyl (C=O) groups excluding carboxylic acids is 5. The fraction of sp³-hybridized carbons (Fsp3) is 0.370. The van der Waals surface area contributed by atoms with Crippen LogP contribution in [0.25, 0.3) is 0 Å². The van der Waals surface area contributed by atoms with Crippen molar-refractivity contribution in [1.29, 1.82) is 0 Å². The molecule has 4 aromatic carbocycles. The highest BCUT2D eigenvalue weighted by molar-refractivity contribution is 6.23. The van der Waals surface area contributed by atoms with Crippen molar-refractivity contribution in [3.05, 3.63) is 129 Å². The lowest BCUT2D eigenvalue weighted by atomic mass is 9.69. The number of phenolic OH excluding ortho intramolecular Hbond substituents is 1. The molecule has 57 heavy (non-hydrogen) atoms. The first-order valence-electron chi connectivity index (χ1n) is 20.2. The summed E-state index contributed by atoms with van der Waals surface area (Å²) in [6, 6.07) is 28.2. The molecule has 1 aliphatic carbocycles. The number of phenols is 1. The van der Waals surface area contributed by atoms with E-state index in [-0.39, 0.29) is 41.2 Å². The molecule has 5 heterocycles. The van der Waals surface area contributed by atoms with Gasteiger partial charge in [0.25, 0.3) is 11.8 Å². The molecule has 0 bridgehead atoms. The number of nitrogens with one attached hydrogen (secondary N) is 1. The number of piperidine rings is 2. The largest absolute Gasteiger partial charge is 0.508 e. The second-order valence-electron chi connectivity index (χ2n) is 17.0. The van der Waals surface area contributed by atoms with Crippen LogP contribution in [0.4, 0.5) is 5.69 Å². The van der Waals surface area contributed by atoms with Gasteiger partial charge in [-0.15, -0.1) is 0 Å². The summed E-state index contributed by atoms with van der Waals surface area (Å²) in [7, 11) is 0. The highest BCUT2D eigenvalue weighted by Crippen LogP contribution is 2.48. The Morgan fingerprint density at radius 2 is 1.44 bits per heavy atom. The summed E-state index contributed by atoms with van der Waals surface area (Å²) in [5.74, 6) is -1.14. The Kier molecular flexibility index (Phi) is 8.55. The van der Waals surface area contributed by atoms with Gasteiger partial charge in [0, 0.05) is 49.6 Å².